The number of aliphatic imine (C=N–C) groups is 2. The highest BCUT2D eigenvalue weighted by molar-refractivity contribution is 5.57. The van der Waals surface area contributed by atoms with Crippen LogP contribution < -0.4 is 0 Å². The first-order valence-corrected chi connectivity index (χ1v) is 3.06. The topological polar surface area (TPSA) is 24.7 Å². The molecule has 2 heteroatoms. The lowest BCUT2D eigenvalue weighted by Crippen LogP contribution is -1.62. The van der Waals surface area contributed by atoms with Crippen molar-refractivity contribution in [2.75, 3.05) is 0 Å². The van der Waals surface area contributed by atoms with Gasteiger partial charge in [0.05, 0.1) is 0 Å². The van der Waals surface area contributed by atoms with E-state index in [1.165, 1.54) is 0 Å². The van der Waals surface area contributed by atoms with Crippen molar-refractivity contribution in [3.63, 3.8) is 0 Å². The lowest BCUT2D eigenvalue weighted by molar-refractivity contribution is 1.31. The average molecular weight is 124 g/mol. The van der Waals surface area contributed by atoms with Gasteiger partial charge < -0.3 is 0 Å². The van der Waals surface area contributed by atoms with E-state index in [1.54, 1.807) is 18.6 Å². The molecule has 9 heavy (non-hydrogen) atoms. The summed E-state index contributed by atoms with van der Waals surface area (Å²) in [6.45, 7) is 3.91. The lowest BCUT2D eigenvalue weighted by Gasteiger charge is -1.73. The third-order valence-corrected chi connectivity index (χ3v) is 0.676. The van der Waals surface area contributed by atoms with Gasteiger partial charge in [-0.25, -0.2) is 0 Å². The van der Waals surface area contributed by atoms with Crippen LogP contribution in [0.15, 0.2) is 22.4 Å². The van der Waals surface area contributed by atoms with Crippen LogP contribution in [0.3, 0.4) is 0 Å². The zero-order valence-electron chi connectivity index (χ0n) is 5.91. The van der Waals surface area contributed by atoms with Crippen LogP contribution in [-0.2, 0) is 0 Å². The van der Waals surface area contributed by atoms with E-state index in [9.17, 15) is 0 Å². The molecule has 0 N–H and O–H groups in total. The Morgan fingerprint density at radius 1 is 1.22 bits per heavy atom. The molecule has 0 bridgehead atoms. The Balaban J connectivity index is 3.35. The van der Waals surface area contributed by atoms with Gasteiger partial charge in [0.1, 0.15) is 0 Å². The van der Waals surface area contributed by atoms with Crippen LogP contribution in [-0.4, -0.2) is 12.4 Å². The predicted octanol–water partition coefficient (Wildman–Crippen LogP) is 2.03. The summed E-state index contributed by atoms with van der Waals surface area (Å²) in [4.78, 5) is 7.73. The highest BCUT2D eigenvalue weighted by Gasteiger charge is 1.61. The maximum absolute atomic E-state index is 3.91. The standard InChI is InChI=1S/C7H12N2/c1-3-5-9-7-6-8-4-2/h4-7H,3H2,1-2H3/b7-6-,8-4-,9-5+. The van der Waals surface area contributed by atoms with Crippen LogP contribution in [0, 0.1) is 0 Å². The van der Waals surface area contributed by atoms with Crippen molar-refractivity contribution in [2.45, 2.75) is 20.3 Å². The fourth-order valence-electron chi connectivity index (χ4n) is 0.329. The molecule has 0 aromatic heterocycles. The van der Waals surface area contributed by atoms with Gasteiger partial charge in [-0.1, -0.05) is 6.92 Å². The molecule has 0 saturated carbocycles. The third-order valence-electron chi connectivity index (χ3n) is 0.676. The Morgan fingerprint density at radius 3 is 2.44 bits per heavy atom. The first-order valence-electron chi connectivity index (χ1n) is 3.06. The van der Waals surface area contributed by atoms with Crippen LogP contribution in [0.5, 0.6) is 0 Å². The molecule has 0 aliphatic carbocycles. The quantitative estimate of drug-likeness (QED) is 0.514. The van der Waals surface area contributed by atoms with E-state index in [0.717, 1.165) is 6.42 Å². The van der Waals surface area contributed by atoms with Crippen LogP contribution in [0.25, 0.3) is 0 Å². The van der Waals surface area contributed by atoms with Gasteiger partial charge in [0.25, 0.3) is 0 Å². The molecule has 0 aromatic carbocycles. The molecule has 0 unspecified atom stereocenters. The Labute approximate surface area is 56.0 Å². The smallest absolute Gasteiger partial charge is 0.0446 e. The average Bonchev–Trinajstić information content (AvgIpc) is 1.89. The number of nitrogens with zero attached hydrogens (tertiary/aromatic N) is 2. The monoisotopic (exact) mass is 124 g/mol. The lowest BCUT2D eigenvalue weighted by atomic mass is 10.5. The van der Waals surface area contributed by atoms with E-state index in [0.29, 0.717) is 0 Å². The summed E-state index contributed by atoms with van der Waals surface area (Å²) < 4.78 is 0. The van der Waals surface area contributed by atoms with E-state index in [2.05, 4.69) is 9.98 Å². The molecule has 2 nitrogen and oxygen atoms in total. The summed E-state index contributed by atoms with van der Waals surface area (Å²) in [6.07, 6.45) is 7.86. The molecule has 0 aliphatic rings. The normalized spacial score (nSPS) is 12.7. The molecule has 0 heterocycles. The Bertz CT molecular complexity index is 123. The Morgan fingerprint density at radius 2 is 1.89 bits per heavy atom. The van der Waals surface area contributed by atoms with Crippen LogP contribution >= 0.6 is 0 Å². The van der Waals surface area contributed by atoms with E-state index in [4.69, 9.17) is 0 Å². The first-order chi connectivity index (χ1) is 4.41. The largest absolute Gasteiger partial charge is 0.268 e. The minimum absolute atomic E-state index is 0.972. The minimum Gasteiger partial charge on any atom is -0.268 e. The van der Waals surface area contributed by atoms with Crippen LogP contribution in [0.1, 0.15) is 20.3 Å². The van der Waals surface area contributed by atoms with Gasteiger partial charge in [-0.2, -0.15) is 0 Å². The molecular formula is C7H12N2. The van der Waals surface area contributed by atoms with Crippen LogP contribution in [0.4, 0.5) is 0 Å². The predicted molar refractivity (Wildman–Crippen MR) is 42.1 cm³/mol. The first kappa shape index (κ1) is 8.08. The van der Waals surface area contributed by atoms with Gasteiger partial charge in [0.2, 0.25) is 0 Å². The van der Waals surface area contributed by atoms with Crippen molar-refractivity contribution in [2.24, 2.45) is 9.98 Å². The van der Waals surface area contributed by atoms with Crippen molar-refractivity contribution in [1.82, 2.24) is 0 Å². The molecule has 0 spiro atoms. The van der Waals surface area contributed by atoms with Crippen LogP contribution in [0.2, 0.25) is 0 Å². The van der Waals surface area contributed by atoms with Gasteiger partial charge in [0, 0.05) is 24.8 Å². The van der Waals surface area contributed by atoms with Gasteiger partial charge in [-0.15, -0.1) is 0 Å². The van der Waals surface area contributed by atoms with E-state index >= 15 is 0 Å². The fourth-order valence-corrected chi connectivity index (χ4v) is 0.329. The third kappa shape index (κ3) is 7.08. The summed E-state index contributed by atoms with van der Waals surface area (Å²) in [5.74, 6) is 0. The SMILES string of the molecule is C\C=N/C=C\N=C\CC. The Hall–Kier alpha value is -0.920. The van der Waals surface area contributed by atoms with Gasteiger partial charge in [-0.05, 0) is 13.3 Å². The molecule has 0 radical (unpaired) electrons. The molecule has 0 fully saturated rings. The second-order valence-corrected chi connectivity index (χ2v) is 1.45. The highest BCUT2D eigenvalue weighted by atomic mass is 14.7. The van der Waals surface area contributed by atoms with Crippen molar-refractivity contribution in [1.29, 1.82) is 0 Å². The number of hydrogen-bond donors (Lipinski definition) is 0. The minimum atomic E-state index is 0.972. The maximum Gasteiger partial charge on any atom is 0.0446 e. The summed E-state index contributed by atoms with van der Waals surface area (Å²) in [5, 5.41) is 0. The second kappa shape index (κ2) is 7.08. The van der Waals surface area contributed by atoms with Gasteiger partial charge >= 0.3 is 0 Å². The summed E-state index contributed by atoms with van der Waals surface area (Å²) >= 11 is 0. The molecule has 0 saturated heterocycles. The van der Waals surface area contributed by atoms with Crippen molar-refractivity contribution < 1.29 is 0 Å². The highest BCUT2D eigenvalue weighted by Crippen LogP contribution is 1.75. The zero-order valence-corrected chi connectivity index (χ0v) is 5.91. The number of rotatable bonds is 3. The van der Waals surface area contributed by atoms with Gasteiger partial charge in [0.15, 0.2) is 0 Å². The molecule has 0 rings (SSSR count). The number of hydrogen-bond acceptors (Lipinski definition) is 2. The molecule has 50 valence electrons. The van der Waals surface area contributed by atoms with E-state index in [1.807, 2.05) is 20.1 Å². The van der Waals surface area contributed by atoms with Crippen molar-refractivity contribution >= 4 is 12.4 Å². The van der Waals surface area contributed by atoms with E-state index < -0.39 is 0 Å². The summed E-state index contributed by atoms with van der Waals surface area (Å²) in [7, 11) is 0. The van der Waals surface area contributed by atoms with Crippen molar-refractivity contribution in [3.05, 3.63) is 12.4 Å². The van der Waals surface area contributed by atoms with E-state index in [-0.39, 0.29) is 0 Å². The molecule has 0 aliphatic heterocycles. The maximum atomic E-state index is 3.91. The zero-order chi connectivity index (χ0) is 6.95. The molecular weight excluding hydrogens is 112 g/mol. The Kier molecular flexibility index (Phi) is 6.36. The fraction of sp³-hybridized carbons (Fsp3) is 0.429. The molecule has 0 atom stereocenters. The molecule has 0 amide bonds. The van der Waals surface area contributed by atoms with Crippen molar-refractivity contribution in [3.8, 4) is 0 Å². The molecule has 0 aromatic rings. The van der Waals surface area contributed by atoms with Gasteiger partial charge in [-0.3, -0.25) is 9.98 Å². The second-order valence-electron chi connectivity index (χ2n) is 1.45. The summed E-state index contributed by atoms with van der Waals surface area (Å²) in [5.41, 5.74) is 0. The summed E-state index contributed by atoms with van der Waals surface area (Å²) in [6, 6.07) is 0.